The highest BCUT2D eigenvalue weighted by Gasteiger charge is 2.29. The lowest BCUT2D eigenvalue weighted by Crippen LogP contribution is -2.47. The average Bonchev–Trinajstić information content (AvgIpc) is 2.39. The van der Waals surface area contributed by atoms with E-state index >= 15 is 0 Å². The third-order valence-corrected chi connectivity index (χ3v) is 5.34. The first-order chi connectivity index (χ1) is 8.96. The van der Waals surface area contributed by atoms with Crippen molar-refractivity contribution in [3.05, 3.63) is 29.6 Å². The molecule has 0 bridgehead atoms. The maximum Gasteiger partial charge on any atom is 0.243 e. The molecule has 0 saturated carbocycles. The van der Waals surface area contributed by atoms with Crippen molar-refractivity contribution in [3.63, 3.8) is 0 Å². The number of benzene rings is 1. The van der Waals surface area contributed by atoms with E-state index in [9.17, 15) is 12.8 Å². The summed E-state index contributed by atoms with van der Waals surface area (Å²) < 4.78 is 40.1. The Kier molecular flexibility index (Phi) is 4.19. The summed E-state index contributed by atoms with van der Waals surface area (Å²) in [4.78, 5) is 2.04. The molecule has 1 aliphatic heterocycles. The first-order valence-corrected chi connectivity index (χ1v) is 7.57. The van der Waals surface area contributed by atoms with Gasteiger partial charge in [-0.3, -0.25) is 0 Å². The number of halogens is 1. The molecule has 0 aromatic heterocycles. The maximum atomic E-state index is 13.6. The predicted molar refractivity (Wildman–Crippen MR) is 70.5 cm³/mol. The van der Waals surface area contributed by atoms with Crippen LogP contribution in [0.4, 0.5) is 4.39 Å². The maximum absolute atomic E-state index is 13.6. The van der Waals surface area contributed by atoms with Gasteiger partial charge < -0.3 is 10.6 Å². The van der Waals surface area contributed by atoms with Crippen LogP contribution in [0.2, 0.25) is 0 Å². The zero-order chi connectivity index (χ0) is 14.0. The van der Waals surface area contributed by atoms with Crippen molar-refractivity contribution < 1.29 is 12.8 Å². The van der Waals surface area contributed by atoms with Gasteiger partial charge in [0.2, 0.25) is 10.0 Å². The molecule has 1 saturated heterocycles. The molecule has 1 aromatic rings. The molecule has 7 heteroatoms. The van der Waals surface area contributed by atoms with E-state index in [1.165, 1.54) is 22.5 Å². The fourth-order valence-corrected chi connectivity index (χ4v) is 3.81. The highest BCUT2D eigenvalue weighted by Crippen LogP contribution is 2.23. The zero-order valence-electron chi connectivity index (χ0n) is 10.8. The van der Waals surface area contributed by atoms with E-state index in [0.29, 0.717) is 26.2 Å². The summed E-state index contributed by atoms with van der Waals surface area (Å²) in [6, 6.07) is 4.04. The number of nitrogens with two attached hydrogens (primary N) is 1. The monoisotopic (exact) mass is 287 g/mol. The van der Waals surface area contributed by atoms with Crippen molar-refractivity contribution >= 4 is 10.0 Å². The quantitative estimate of drug-likeness (QED) is 0.863. The van der Waals surface area contributed by atoms with Crippen molar-refractivity contribution in [2.75, 3.05) is 33.2 Å². The number of piperazine rings is 1. The van der Waals surface area contributed by atoms with Crippen LogP contribution >= 0.6 is 0 Å². The van der Waals surface area contributed by atoms with Gasteiger partial charge in [-0.2, -0.15) is 4.31 Å². The number of hydrogen-bond donors (Lipinski definition) is 1. The molecule has 0 spiro atoms. The van der Waals surface area contributed by atoms with Crippen LogP contribution in [0, 0.1) is 5.82 Å². The average molecular weight is 287 g/mol. The minimum atomic E-state index is -3.66. The van der Waals surface area contributed by atoms with E-state index in [1.807, 2.05) is 7.05 Å². The number of hydrogen-bond acceptors (Lipinski definition) is 4. The number of rotatable bonds is 3. The Labute approximate surface area is 112 Å². The first-order valence-electron chi connectivity index (χ1n) is 6.13. The lowest BCUT2D eigenvalue weighted by atomic mass is 10.2. The smallest absolute Gasteiger partial charge is 0.243 e. The van der Waals surface area contributed by atoms with Gasteiger partial charge in [-0.05, 0) is 19.2 Å². The van der Waals surface area contributed by atoms with E-state index in [1.54, 1.807) is 0 Å². The SMILES string of the molecule is CN1CCN(S(=O)(=O)c2cccc(F)c2CN)CC1. The lowest BCUT2D eigenvalue weighted by molar-refractivity contribution is 0.222. The van der Waals surface area contributed by atoms with Gasteiger partial charge in [0.15, 0.2) is 0 Å². The van der Waals surface area contributed by atoms with Crippen LogP contribution in [0.25, 0.3) is 0 Å². The van der Waals surface area contributed by atoms with Gasteiger partial charge in [0.25, 0.3) is 0 Å². The van der Waals surface area contributed by atoms with Crippen LogP contribution < -0.4 is 5.73 Å². The van der Waals surface area contributed by atoms with Gasteiger partial charge in [0.05, 0.1) is 4.90 Å². The second kappa shape index (κ2) is 5.54. The summed E-state index contributed by atoms with van der Waals surface area (Å²) in [5.74, 6) is -0.572. The standard InChI is InChI=1S/C12H18FN3O2S/c1-15-5-7-16(8-6-15)19(17,18)12-4-2-3-11(13)10(12)9-14/h2-4H,5-9,14H2,1H3. The fourth-order valence-electron chi connectivity index (χ4n) is 2.15. The Morgan fingerprint density at radius 1 is 1.26 bits per heavy atom. The molecule has 0 amide bonds. The Hall–Kier alpha value is -1.02. The summed E-state index contributed by atoms with van der Waals surface area (Å²) in [5.41, 5.74) is 5.53. The second-order valence-corrected chi connectivity index (χ2v) is 6.53. The predicted octanol–water partition coefficient (Wildman–Crippen LogP) is 0.220. The van der Waals surface area contributed by atoms with E-state index in [-0.39, 0.29) is 17.0 Å². The summed E-state index contributed by atoms with van der Waals surface area (Å²) in [5, 5.41) is 0. The minimum Gasteiger partial charge on any atom is -0.326 e. The van der Waals surface area contributed by atoms with E-state index in [2.05, 4.69) is 4.90 Å². The van der Waals surface area contributed by atoms with Gasteiger partial charge in [0.1, 0.15) is 5.82 Å². The molecular formula is C12H18FN3O2S. The molecule has 1 fully saturated rings. The number of likely N-dealkylation sites (N-methyl/N-ethyl adjacent to an activating group) is 1. The molecule has 0 radical (unpaired) electrons. The molecule has 1 aromatic carbocycles. The summed E-state index contributed by atoms with van der Waals surface area (Å²) in [6.45, 7) is 2.05. The van der Waals surface area contributed by atoms with Crippen molar-refractivity contribution in [2.24, 2.45) is 5.73 Å². The molecule has 0 atom stereocenters. The first kappa shape index (κ1) is 14.4. The van der Waals surface area contributed by atoms with Gasteiger partial charge in [-0.15, -0.1) is 0 Å². The highest BCUT2D eigenvalue weighted by molar-refractivity contribution is 7.89. The molecule has 0 aliphatic carbocycles. The summed E-state index contributed by atoms with van der Waals surface area (Å²) >= 11 is 0. The minimum absolute atomic E-state index is 0.0143. The third-order valence-electron chi connectivity index (χ3n) is 3.36. The van der Waals surface area contributed by atoms with Crippen LogP contribution in [0.1, 0.15) is 5.56 Å². The number of nitrogens with zero attached hydrogens (tertiary/aromatic N) is 2. The molecule has 19 heavy (non-hydrogen) atoms. The van der Waals surface area contributed by atoms with Crippen LogP contribution in [0.3, 0.4) is 0 Å². The van der Waals surface area contributed by atoms with Crippen LogP contribution in [-0.4, -0.2) is 50.8 Å². The van der Waals surface area contributed by atoms with Crippen LogP contribution in [0.5, 0.6) is 0 Å². The Bertz CT molecular complexity index is 554. The van der Waals surface area contributed by atoms with E-state index < -0.39 is 15.8 Å². The summed E-state index contributed by atoms with van der Waals surface area (Å²) in [6.07, 6.45) is 0. The normalized spacial score (nSPS) is 18.7. The summed E-state index contributed by atoms with van der Waals surface area (Å²) in [7, 11) is -1.72. The zero-order valence-corrected chi connectivity index (χ0v) is 11.7. The Balaban J connectivity index is 2.37. The second-order valence-electron chi connectivity index (χ2n) is 4.63. The molecule has 2 rings (SSSR count). The van der Waals surface area contributed by atoms with E-state index in [4.69, 9.17) is 5.73 Å². The van der Waals surface area contributed by atoms with Crippen LogP contribution in [0.15, 0.2) is 23.1 Å². The van der Waals surface area contributed by atoms with Crippen molar-refractivity contribution in [1.82, 2.24) is 9.21 Å². The number of sulfonamides is 1. The molecular weight excluding hydrogens is 269 g/mol. The van der Waals surface area contributed by atoms with Crippen LogP contribution in [-0.2, 0) is 16.6 Å². The Morgan fingerprint density at radius 3 is 2.47 bits per heavy atom. The molecule has 0 unspecified atom stereocenters. The molecule has 1 aliphatic rings. The lowest BCUT2D eigenvalue weighted by Gasteiger charge is -2.32. The largest absolute Gasteiger partial charge is 0.326 e. The molecule has 106 valence electrons. The molecule has 5 nitrogen and oxygen atoms in total. The van der Waals surface area contributed by atoms with Crippen molar-refractivity contribution in [3.8, 4) is 0 Å². The van der Waals surface area contributed by atoms with Gasteiger partial charge in [-0.1, -0.05) is 6.07 Å². The van der Waals surface area contributed by atoms with E-state index in [0.717, 1.165) is 0 Å². The van der Waals surface area contributed by atoms with Crippen molar-refractivity contribution in [1.29, 1.82) is 0 Å². The fraction of sp³-hybridized carbons (Fsp3) is 0.500. The Morgan fingerprint density at radius 2 is 1.89 bits per heavy atom. The topological polar surface area (TPSA) is 66.6 Å². The van der Waals surface area contributed by atoms with Gasteiger partial charge >= 0.3 is 0 Å². The molecule has 2 N–H and O–H groups in total. The molecule has 1 heterocycles. The van der Waals surface area contributed by atoms with Gasteiger partial charge in [-0.25, -0.2) is 12.8 Å². The van der Waals surface area contributed by atoms with Crippen molar-refractivity contribution in [2.45, 2.75) is 11.4 Å². The van der Waals surface area contributed by atoms with Gasteiger partial charge in [0, 0.05) is 38.3 Å². The highest BCUT2D eigenvalue weighted by atomic mass is 32.2. The third kappa shape index (κ3) is 2.79.